The van der Waals surface area contributed by atoms with Crippen LogP contribution in [0.4, 0.5) is 0 Å². The van der Waals surface area contributed by atoms with Crippen molar-refractivity contribution in [2.75, 3.05) is 19.8 Å². The zero-order valence-corrected chi connectivity index (χ0v) is 60.0. The minimum Gasteiger partial charge on any atom is -0.466 e. The number of nitrogens with one attached hydrogen (secondary N) is 1. The maximum atomic E-state index is 13.1. The van der Waals surface area contributed by atoms with Crippen LogP contribution in [0.15, 0.2) is 60.8 Å². The van der Waals surface area contributed by atoms with E-state index in [1.54, 1.807) is 6.08 Å². The van der Waals surface area contributed by atoms with Gasteiger partial charge in [0.05, 0.1) is 32.0 Å². The van der Waals surface area contributed by atoms with E-state index in [2.05, 4.69) is 67.8 Å². The highest BCUT2D eigenvalue weighted by molar-refractivity contribution is 5.76. The largest absolute Gasteiger partial charge is 0.466 e. The fourth-order valence-corrected chi connectivity index (χ4v) is 12.4. The summed E-state index contributed by atoms with van der Waals surface area (Å²) >= 11 is 0. The molecule has 0 aromatic carbocycles. The van der Waals surface area contributed by atoms with Crippen molar-refractivity contribution < 1.29 is 49.3 Å². The van der Waals surface area contributed by atoms with E-state index in [0.29, 0.717) is 19.4 Å². The monoisotopic (exact) mass is 1300 g/mol. The van der Waals surface area contributed by atoms with E-state index < -0.39 is 49.5 Å². The lowest BCUT2D eigenvalue weighted by atomic mass is 9.99. The van der Waals surface area contributed by atoms with Gasteiger partial charge in [-0.1, -0.05) is 338 Å². The van der Waals surface area contributed by atoms with Gasteiger partial charge in [-0.2, -0.15) is 0 Å². The van der Waals surface area contributed by atoms with Crippen molar-refractivity contribution in [3.8, 4) is 0 Å². The Morgan fingerprint density at radius 2 is 0.739 bits per heavy atom. The van der Waals surface area contributed by atoms with Gasteiger partial charge >= 0.3 is 5.97 Å². The number of unbranched alkanes of at least 4 members (excludes halogenated alkanes) is 48. The predicted molar refractivity (Wildman–Crippen MR) is 389 cm³/mol. The Bertz CT molecular complexity index is 1710. The van der Waals surface area contributed by atoms with Crippen LogP contribution in [0, 0.1) is 0 Å². The van der Waals surface area contributed by atoms with Crippen LogP contribution in [0.25, 0.3) is 0 Å². The van der Waals surface area contributed by atoms with Gasteiger partial charge < -0.3 is 45.1 Å². The molecule has 7 atom stereocenters. The topological polar surface area (TPSA) is 175 Å². The Kier molecular flexibility index (Phi) is 66.2. The van der Waals surface area contributed by atoms with Crippen LogP contribution in [0.5, 0.6) is 0 Å². The Morgan fingerprint density at radius 3 is 1.13 bits per heavy atom. The summed E-state index contributed by atoms with van der Waals surface area (Å²) in [6, 6.07) is -0.808. The number of aliphatic hydroxyl groups excluding tert-OH is 5. The second-order valence-corrected chi connectivity index (χ2v) is 27.4. The van der Waals surface area contributed by atoms with Gasteiger partial charge in [0.15, 0.2) is 6.29 Å². The maximum absolute atomic E-state index is 13.1. The van der Waals surface area contributed by atoms with Crippen molar-refractivity contribution >= 4 is 11.9 Å². The van der Waals surface area contributed by atoms with Crippen LogP contribution < -0.4 is 5.32 Å². The highest BCUT2D eigenvalue weighted by atomic mass is 16.7. The van der Waals surface area contributed by atoms with Crippen molar-refractivity contribution in [2.24, 2.45) is 0 Å². The van der Waals surface area contributed by atoms with Crippen LogP contribution in [0.3, 0.4) is 0 Å². The third kappa shape index (κ3) is 57.6. The second kappa shape index (κ2) is 69.7. The number of carbonyl (C=O) groups excluding carboxylic acids is 2. The molecule has 7 unspecified atom stereocenters. The molecule has 11 nitrogen and oxygen atoms in total. The van der Waals surface area contributed by atoms with E-state index in [9.17, 15) is 35.1 Å². The smallest absolute Gasteiger partial charge is 0.305 e. The first-order valence-corrected chi connectivity index (χ1v) is 39.6. The first-order valence-electron chi connectivity index (χ1n) is 39.6. The molecule has 1 heterocycles. The number of amides is 1. The van der Waals surface area contributed by atoms with Crippen molar-refractivity contribution in [1.82, 2.24) is 5.32 Å². The molecule has 0 aliphatic carbocycles. The van der Waals surface area contributed by atoms with Crippen LogP contribution in [0.2, 0.25) is 0 Å². The molecule has 0 radical (unpaired) electrons. The van der Waals surface area contributed by atoms with Gasteiger partial charge in [0.25, 0.3) is 0 Å². The quantitative estimate of drug-likeness (QED) is 0.0195. The Balaban J connectivity index is 1.89. The van der Waals surface area contributed by atoms with Gasteiger partial charge in [0, 0.05) is 12.8 Å². The summed E-state index contributed by atoms with van der Waals surface area (Å²) < 4.78 is 16.7. The highest BCUT2D eigenvalue weighted by Crippen LogP contribution is 2.24. The van der Waals surface area contributed by atoms with Crippen LogP contribution in [-0.4, -0.2) is 100 Å². The number of hydrogen-bond acceptors (Lipinski definition) is 10. The molecule has 11 heteroatoms. The first kappa shape index (κ1) is 87.4. The summed E-state index contributed by atoms with van der Waals surface area (Å²) in [7, 11) is 0. The summed E-state index contributed by atoms with van der Waals surface area (Å²) in [5.41, 5.74) is 0. The van der Waals surface area contributed by atoms with Crippen molar-refractivity contribution in [1.29, 1.82) is 0 Å². The highest BCUT2D eigenvalue weighted by Gasteiger charge is 2.44. The van der Waals surface area contributed by atoms with Gasteiger partial charge in [-0.25, -0.2) is 0 Å². The molecule has 1 saturated heterocycles. The van der Waals surface area contributed by atoms with E-state index in [1.807, 2.05) is 6.08 Å². The molecule has 1 aliphatic rings. The number of rotatable bonds is 70. The van der Waals surface area contributed by atoms with Crippen molar-refractivity contribution in [2.45, 2.75) is 423 Å². The number of allylic oxidation sites excluding steroid dienone is 9. The number of aliphatic hydroxyl groups is 5. The van der Waals surface area contributed by atoms with Crippen molar-refractivity contribution in [3.63, 3.8) is 0 Å². The normalized spacial score (nSPS) is 17.8. The molecule has 538 valence electrons. The molecule has 0 aromatic rings. The van der Waals surface area contributed by atoms with Crippen LogP contribution >= 0.6 is 0 Å². The fraction of sp³-hybridized carbons (Fsp3) is 0.852. The lowest BCUT2D eigenvalue weighted by Crippen LogP contribution is -2.60. The number of esters is 1. The molecular formula is C81H149NO10. The van der Waals surface area contributed by atoms with Gasteiger partial charge in [-0.05, 0) is 89.9 Å². The minimum atomic E-state index is -1.57. The van der Waals surface area contributed by atoms with Gasteiger partial charge in [-0.3, -0.25) is 9.59 Å². The van der Waals surface area contributed by atoms with E-state index in [1.165, 1.54) is 283 Å². The Hall–Kier alpha value is -2.64. The third-order valence-corrected chi connectivity index (χ3v) is 18.6. The molecule has 1 fully saturated rings. The van der Waals surface area contributed by atoms with Crippen LogP contribution in [-0.2, 0) is 23.8 Å². The van der Waals surface area contributed by atoms with Crippen LogP contribution in [0.1, 0.15) is 380 Å². The zero-order valence-electron chi connectivity index (χ0n) is 60.0. The molecule has 1 aliphatic heterocycles. The Morgan fingerprint density at radius 1 is 0.402 bits per heavy atom. The molecule has 1 rings (SSSR count). The summed E-state index contributed by atoms with van der Waals surface area (Å²) in [6.07, 6.45) is 84.0. The van der Waals surface area contributed by atoms with Gasteiger partial charge in [0.1, 0.15) is 24.4 Å². The zero-order chi connectivity index (χ0) is 66.5. The Labute approximate surface area is 567 Å². The maximum Gasteiger partial charge on any atom is 0.305 e. The summed E-state index contributed by atoms with van der Waals surface area (Å²) in [6.45, 7) is 4.32. The number of ether oxygens (including phenoxy) is 3. The average molecular weight is 1300 g/mol. The molecule has 6 N–H and O–H groups in total. The summed E-state index contributed by atoms with van der Waals surface area (Å²) in [5, 5.41) is 54.5. The molecular weight excluding hydrogens is 1150 g/mol. The third-order valence-electron chi connectivity index (χ3n) is 18.6. The van der Waals surface area contributed by atoms with E-state index in [-0.39, 0.29) is 18.5 Å². The lowest BCUT2D eigenvalue weighted by Gasteiger charge is -2.40. The van der Waals surface area contributed by atoms with Crippen molar-refractivity contribution in [3.05, 3.63) is 60.8 Å². The summed E-state index contributed by atoms with van der Waals surface area (Å²) in [5.74, 6) is -0.178. The SMILES string of the molecule is CCCC/C=C\C/C=C\CCCCCCCC(=O)OCCCCCCCCCCCCCCCCC/C=C\C/C=C\CCCCCCCCCCCCCCCCCCCC(=O)NC(COC1OC(CO)C(O)C(O)C1O)C(O)/C=C/CCCCCCCCCCC. The molecule has 1 amide bonds. The van der Waals surface area contributed by atoms with Gasteiger partial charge in [0.2, 0.25) is 5.91 Å². The van der Waals surface area contributed by atoms with E-state index in [0.717, 1.165) is 70.6 Å². The molecule has 0 saturated carbocycles. The standard InChI is InChI=1S/C81H149NO10/c1-3-5-7-9-11-13-15-16-45-49-53-57-61-65-69-77(86)90-70-66-62-58-54-50-46-43-41-39-37-35-33-31-29-27-25-23-21-19-17-18-20-22-24-26-28-30-32-34-36-38-40-42-44-48-52-56-60-64-68-76(85)82-73(72-91-81-80(89)79(88)78(87)75(71-83)92-81)74(84)67-63-59-55-51-47-14-12-10-8-6-4-2/h9,11,15-18,21,23,63,67,73-75,78-81,83-84,87-89H,3-8,10,12-14,19-20,22,24-62,64-66,68-72H2,1-2H3,(H,82,85)/b11-9-,16-15-,18-17-,23-21-,67-63+. The predicted octanol–water partition coefficient (Wildman–Crippen LogP) is 21.2. The number of hydrogen-bond donors (Lipinski definition) is 6. The fourth-order valence-electron chi connectivity index (χ4n) is 12.4. The average Bonchev–Trinajstić information content (AvgIpc) is 1.02. The van der Waals surface area contributed by atoms with E-state index >= 15 is 0 Å². The first-order chi connectivity index (χ1) is 45.2. The summed E-state index contributed by atoms with van der Waals surface area (Å²) in [4.78, 5) is 25.1. The second-order valence-electron chi connectivity index (χ2n) is 27.4. The molecule has 0 spiro atoms. The molecule has 0 aromatic heterocycles. The lowest BCUT2D eigenvalue weighted by molar-refractivity contribution is -0.302. The number of carbonyl (C=O) groups is 2. The minimum absolute atomic E-state index is 0.0000939. The van der Waals surface area contributed by atoms with Gasteiger partial charge in [-0.15, -0.1) is 0 Å². The van der Waals surface area contributed by atoms with E-state index in [4.69, 9.17) is 14.2 Å². The molecule has 92 heavy (non-hydrogen) atoms. The molecule has 0 bridgehead atoms.